The van der Waals surface area contributed by atoms with Crippen LogP contribution in [0.15, 0.2) is 11.6 Å². The molecular formula is C3H5Cl3CoOSi. The van der Waals surface area contributed by atoms with Gasteiger partial charge in [-0.05, 0) is 0 Å². The van der Waals surface area contributed by atoms with E-state index in [1.807, 2.05) is 0 Å². The van der Waals surface area contributed by atoms with E-state index < -0.39 is 19.6 Å². The van der Waals surface area contributed by atoms with E-state index in [2.05, 4.69) is 6.58 Å². The number of hydrogen-bond donors (Lipinski definition) is 0. The van der Waals surface area contributed by atoms with Crippen LogP contribution >= 0.6 is 33.2 Å². The minimum atomic E-state index is -2.68. The molecule has 0 spiro atoms. The summed E-state index contributed by atoms with van der Waals surface area (Å²) >= 11 is 14.9. The van der Waals surface area contributed by atoms with Gasteiger partial charge in [-0.2, -0.15) is 0 Å². The Morgan fingerprint density at radius 1 is 1.56 bits per heavy atom. The Morgan fingerprint density at radius 3 is 2.11 bits per heavy atom. The topological polar surface area (TPSA) is 17.1 Å². The predicted molar refractivity (Wildman–Crippen MR) is 39.0 cm³/mol. The maximum absolute atomic E-state index is 10.6. The third kappa shape index (κ3) is 7.03. The fourth-order valence-corrected chi connectivity index (χ4v) is 5.48. The molecule has 0 radical (unpaired) electrons. The van der Waals surface area contributed by atoms with Crippen LogP contribution in [0.3, 0.4) is 0 Å². The molecule has 9 heavy (non-hydrogen) atoms. The van der Waals surface area contributed by atoms with Gasteiger partial charge in [0.15, 0.2) is 0 Å². The summed E-state index contributed by atoms with van der Waals surface area (Å²) in [7, 11) is 0. The summed E-state index contributed by atoms with van der Waals surface area (Å²) in [5.74, 6) is 0. The van der Waals surface area contributed by atoms with Crippen molar-refractivity contribution in [3.05, 3.63) is 11.6 Å². The molecule has 0 unspecified atom stereocenters. The molecule has 6 heteroatoms. The van der Waals surface area contributed by atoms with Crippen molar-refractivity contribution < 1.29 is 17.5 Å². The summed E-state index contributed by atoms with van der Waals surface area (Å²) in [6, 6.07) is -2.68. The molecule has 0 saturated heterocycles. The third-order valence-corrected chi connectivity index (χ3v) is 7.02. The van der Waals surface area contributed by atoms with E-state index in [0.717, 1.165) is 0 Å². The molecule has 0 aliphatic heterocycles. The summed E-state index contributed by atoms with van der Waals surface area (Å²) in [6.07, 6.45) is 0. The zero-order valence-electron chi connectivity index (χ0n) is 4.37. The first-order valence-corrected chi connectivity index (χ1v) is 8.90. The maximum atomic E-state index is 10.6. The van der Waals surface area contributed by atoms with Gasteiger partial charge in [-0.15, -0.1) is 0 Å². The first-order valence-electron chi connectivity index (χ1n) is 1.89. The van der Waals surface area contributed by atoms with Gasteiger partial charge < -0.3 is 0 Å². The molecule has 0 atom stereocenters. The van der Waals surface area contributed by atoms with Crippen molar-refractivity contribution >= 4 is 39.2 Å². The third-order valence-electron chi connectivity index (χ3n) is 0.402. The average molecular weight is 250 g/mol. The first kappa shape index (κ1) is 10.1. The normalized spacial score (nSPS) is 13.0. The second-order valence-electron chi connectivity index (χ2n) is 1.18. The molecule has 0 amide bonds. The summed E-state index contributed by atoms with van der Waals surface area (Å²) in [5.41, 5.74) is 0. The zero-order valence-corrected chi connectivity index (χ0v) is 8.68. The van der Waals surface area contributed by atoms with Crippen molar-refractivity contribution in [2.45, 2.75) is 4.98 Å². The SMILES string of the molecule is C=[CH][Co](=[O])[CH2][Si](Cl)(Cl)Cl. The van der Waals surface area contributed by atoms with Gasteiger partial charge in [0, 0.05) is 0 Å². The zero-order chi connectivity index (χ0) is 7.49. The van der Waals surface area contributed by atoms with Gasteiger partial charge in [-0.3, -0.25) is 0 Å². The minimum absolute atomic E-state index is 0.175. The van der Waals surface area contributed by atoms with E-state index in [1.54, 1.807) is 0 Å². The van der Waals surface area contributed by atoms with Crippen LogP contribution in [0.5, 0.6) is 0 Å². The van der Waals surface area contributed by atoms with Crippen molar-refractivity contribution in [2.24, 2.45) is 0 Å². The standard InChI is InChI=1S/C2H3.CH2Cl3Si.Co.O/c1-2;1-5(2,3)4;;/h1H,2H2;1H2;;. The van der Waals surface area contributed by atoms with Crippen LogP contribution in [-0.2, 0) is 17.5 Å². The molecule has 0 aromatic rings. The van der Waals surface area contributed by atoms with Gasteiger partial charge in [0.2, 0.25) is 0 Å². The molecule has 0 fully saturated rings. The Bertz CT molecular complexity index is 132. The van der Waals surface area contributed by atoms with Crippen LogP contribution in [0.25, 0.3) is 0 Å². The predicted octanol–water partition coefficient (Wildman–Crippen LogP) is 2.71. The second kappa shape index (κ2) is 4.10. The summed E-state index contributed by atoms with van der Waals surface area (Å²) in [6.45, 7) is 3.31. The molecule has 57 valence electrons. The summed E-state index contributed by atoms with van der Waals surface area (Å²) in [4.78, 5) is 0.175. The van der Waals surface area contributed by atoms with Gasteiger partial charge in [-0.25, -0.2) is 0 Å². The average Bonchev–Trinajstić information content (AvgIpc) is 1.62. The second-order valence-corrected chi connectivity index (χ2v) is 12.7. The fraction of sp³-hybridized carbons (Fsp3) is 0.333. The Morgan fingerprint density at radius 2 is 2.00 bits per heavy atom. The Balaban J connectivity index is 3.74. The van der Waals surface area contributed by atoms with E-state index in [1.165, 1.54) is 5.01 Å². The van der Waals surface area contributed by atoms with Gasteiger partial charge in [0.25, 0.3) is 0 Å². The first-order chi connectivity index (χ1) is 3.95. The van der Waals surface area contributed by atoms with Crippen molar-refractivity contribution in [3.8, 4) is 0 Å². The molecule has 1 nitrogen and oxygen atoms in total. The molecule has 0 rings (SSSR count). The molecule has 0 aromatic carbocycles. The van der Waals surface area contributed by atoms with Crippen LogP contribution in [-0.4, -0.2) is 6.00 Å². The quantitative estimate of drug-likeness (QED) is 0.556. The van der Waals surface area contributed by atoms with Crippen molar-refractivity contribution in [2.75, 3.05) is 0 Å². The number of rotatable bonds is 3. The van der Waals surface area contributed by atoms with E-state index in [4.69, 9.17) is 33.2 Å². The monoisotopic (exact) mass is 249 g/mol. The van der Waals surface area contributed by atoms with Crippen LogP contribution in [0.2, 0.25) is 4.98 Å². The molecule has 0 aromatic heterocycles. The molecule has 0 bridgehead atoms. The summed E-state index contributed by atoms with van der Waals surface area (Å²) in [5, 5.41) is 1.31. The van der Waals surface area contributed by atoms with Gasteiger partial charge in [0.1, 0.15) is 0 Å². The summed E-state index contributed by atoms with van der Waals surface area (Å²) < 4.78 is 10.6. The van der Waals surface area contributed by atoms with Crippen LogP contribution in [0.4, 0.5) is 0 Å². The van der Waals surface area contributed by atoms with E-state index in [-0.39, 0.29) is 4.98 Å². The van der Waals surface area contributed by atoms with Crippen molar-refractivity contribution in [1.82, 2.24) is 0 Å². The Kier molecular flexibility index (Phi) is 4.62. The van der Waals surface area contributed by atoms with E-state index >= 15 is 0 Å². The molecule has 0 saturated carbocycles. The van der Waals surface area contributed by atoms with Crippen LogP contribution < -0.4 is 0 Å². The van der Waals surface area contributed by atoms with Gasteiger partial charge in [0.05, 0.1) is 0 Å². The van der Waals surface area contributed by atoms with Crippen molar-refractivity contribution in [3.63, 3.8) is 0 Å². The Labute approximate surface area is 73.1 Å². The van der Waals surface area contributed by atoms with Crippen LogP contribution in [0, 0.1) is 0 Å². The number of halogens is 3. The molecular weight excluding hydrogens is 245 g/mol. The van der Waals surface area contributed by atoms with E-state index in [0.29, 0.717) is 0 Å². The van der Waals surface area contributed by atoms with E-state index in [9.17, 15) is 3.87 Å². The van der Waals surface area contributed by atoms with Crippen molar-refractivity contribution in [1.29, 1.82) is 0 Å². The Hall–Kier alpha value is 1.13. The molecule has 0 aliphatic rings. The number of hydrogen-bond acceptors (Lipinski definition) is 1. The molecule has 0 N–H and O–H groups in total. The fourth-order valence-electron chi connectivity index (χ4n) is 0.180. The van der Waals surface area contributed by atoms with Gasteiger partial charge >= 0.3 is 73.3 Å². The molecule has 0 heterocycles. The van der Waals surface area contributed by atoms with Crippen LogP contribution in [0.1, 0.15) is 0 Å². The van der Waals surface area contributed by atoms with Gasteiger partial charge in [-0.1, -0.05) is 0 Å². The molecule has 0 aliphatic carbocycles.